The van der Waals surface area contributed by atoms with E-state index >= 15 is 0 Å². The summed E-state index contributed by atoms with van der Waals surface area (Å²) in [6.45, 7) is 12.9. The van der Waals surface area contributed by atoms with Gasteiger partial charge >= 0.3 is 5.97 Å². The third kappa shape index (κ3) is 5.50. The first-order chi connectivity index (χ1) is 7.16. The number of rotatable bonds is 6. The summed E-state index contributed by atoms with van der Waals surface area (Å²) in [5.74, 6) is -0.0975. The first kappa shape index (κ1) is 15.4. The van der Waals surface area contributed by atoms with Crippen molar-refractivity contribution in [2.45, 2.75) is 60.1 Å². The van der Waals surface area contributed by atoms with Crippen molar-refractivity contribution in [2.24, 2.45) is 5.41 Å². The summed E-state index contributed by atoms with van der Waals surface area (Å²) in [7, 11) is 2.08. The van der Waals surface area contributed by atoms with Crippen molar-refractivity contribution in [3.63, 3.8) is 0 Å². The Labute approximate surface area is 100 Å². The Morgan fingerprint density at radius 2 is 1.75 bits per heavy atom. The molecule has 0 aromatic carbocycles. The lowest BCUT2D eigenvalue weighted by Gasteiger charge is -2.28. The van der Waals surface area contributed by atoms with E-state index in [1.807, 2.05) is 27.7 Å². The van der Waals surface area contributed by atoms with Crippen molar-refractivity contribution < 1.29 is 9.53 Å². The molecular weight excluding hydrogens is 202 g/mol. The molecule has 0 aliphatic heterocycles. The Hall–Kier alpha value is -0.570. The van der Waals surface area contributed by atoms with E-state index in [2.05, 4.69) is 25.8 Å². The van der Waals surface area contributed by atoms with Crippen LogP contribution in [0.25, 0.3) is 0 Å². The predicted molar refractivity (Wildman–Crippen MR) is 67.4 cm³/mol. The molecule has 16 heavy (non-hydrogen) atoms. The lowest BCUT2D eigenvalue weighted by molar-refractivity contribution is -0.158. The molecule has 3 heteroatoms. The van der Waals surface area contributed by atoms with Gasteiger partial charge in [0.05, 0.1) is 11.5 Å². The Kier molecular flexibility index (Phi) is 6.01. The van der Waals surface area contributed by atoms with E-state index in [9.17, 15) is 4.79 Å². The Balaban J connectivity index is 4.18. The fourth-order valence-electron chi connectivity index (χ4n) is 1.19. The van der Waals surface area contributed by atoms with Gasteiger partial charge in [0.25, 0.3) is 0 Å². The van der Waals surface area contributed by atoms with Crippen LogP contribution in [0.15, 0.2) is 0 Å². The lowest BCUT2D eigenvalue weighted by Crippen LogP contribution is -2.35. The fraction of sp³-hybridized carbons (Fsp3) is 0.923. The van der Waals surface area contributed by atoms with Gasteiger partial charge in [0.2, 0.25) is 0 Å². The van der Waals surface area contributed by atoms with Crippen LogP contribution in [0.2, 0.25) is 0 Å². The van der Waals surface area contributed by atoms with E-state index in [0.29, 0.717) is 6.04 Å². The van der Waals surface area contributed by atoms with Gasteiger partial charge in [-0.1, -0.05) is 0 Å². The molecule has 0 unspecified atom stereocenters. The highest BCUT2D eigenvalue weighted by atomic mass is 16.5. The summed E-state index contributed by atoms with van der Waals surface area (Å²) in [5.41, 5.74) is -0.395. The number of ether oxygens (including phenoxy) is 1. The predicted octanol–water partition coefficient (Wildman–Crippen LogP) is 2.69. The van der Waals surface area contributed by atoms with Gasteiger partial charge < -0.3 is 9.64 Å². The Morgan fingerprint density at radius 3 is 2.12 bits per heavy atom. The summed E-state index contributed by atoms with van der Waals surface area (Å²) >= 11 is 0. The van der Waals surface area contributed by atoms with E-state index in [1.54, 1.807) is 0 Å². The van der Waals surface area contributed by atoms with Crippen molar-refractivity contribution in [1.29, 1.82) is 0 Å². The number of hydrogen-bond acceptors (Lipinski definition) is 3. The average molecular weight is 229 g/mol. The normalized spacial score (nSPS) is 12.6. The van der Waals surface area contributed by atoms with Crippen LogP contribution in [-0.4, -0.2) is 36.6 Å². The molecule has 0 aromatic heterocycles. The molecule has 96 valence electrons. The van der Waals surface area contributed by atoms with Crippen molar-refractivity contribution in [2.75, 3.05) is 13.6 Å². The fourth-order valence-corrected chi connectivity index (χ4v) is 1.19. The molecule has 0 aliphatic carbocycles. The summed E-state index contributed by atoms with van der Waals surface area (Å²) in [5, 5.41) is 0. The van der Waals surface area contributed by atoms with Crippen LogP contribution in [0.5, 0.6) is 0 Å². The van der Waals surface area contributed by atoms with Crippen molar-refractivity contribution >= 4 is 5.97 Å². The first-order valence-corrected chi connectivity index (χ1v) is 6.08. The number of hydrogen-bond donors (Lipinski definition) is 0. The zero-order chi connectivity index (χ0) is 12.9. The molecule has 3 nitrogen and oxygen atoms in total. The van der Waals surface area contributed by atoms with E-state index < -0.39 is 5.41 Å². The molecule has 0 spiro atoms. The molecule has 0 atom stereocenters. The second-order valence-corrected chi connectivity index (χ2v) is 5.66. The van der Waals surface area contributed by atoms with Gasteiger partial charge in [0.1, 0.15) is 0 Å². The summed E-state index contributed by atoms with van der Waals surface area (Å²) in [6.07, 6.45) is 0.794. The van der Waals surface area contributed by atoms with E-state index in [0.717, 1.165) is 13.0 Å². The van der Waals surface area contributed by atoms with Crippen LogP contribution in [0.4, 0.5) is 0 Å². The standard InChI is InChI=1S/C13H27NO2/c1-10(2)14(7)9-8-13(5,6)12(15)16-11(3)4/h10-11H,8-9H2,1-7H3. The lowest BCUT2D eigenvalue weighted by atomic mass is 9.89. The molecule has 0 rings (SSSR count). The van der Waals surface area contributed by atoms with E-state index in [4.69, 9.17) is 4.74 Å². The molecule has 0 N–H and O–H groups in total. The van der Waals surface area contributed by atoms with Gasteiger partial charge in [-0.15, -0.1) is 0 Å². The molecule has 0 fully saturated rings. The monoisotopic (exact) mass is 229 g/mol. The number of carbonyl (C=O) groups is 1. The molecule has 0 saturated carbocycles. The molecule has 0 aromatic rings. The average Bonchev–Trinajstić information content (AvgIpc) is 2.12. The highest BCUT2D eigenvalue weighted by Gasteiger charge is 2.30. The Morgan fingerprint density at radius 1 is 1.25 bits per heavy atom. The van der Waals surface area contributed by atoms with Crippen LogP contribution in [-0.2, 0) is 9.53 Å². The van der Waals surface area contributed by atoms with Gasteiger partial charge in [0.15, 0.2) is 0 Å². The number of carbonyl (C=O) groups excluding carboxylic acids is 1. The maximum Gasteiger partial charge on any atom is 0.311 e. The maximum absolute atomic E-state index is 11.8. The molecule has 0 bridgehead atoms. The molecule has 0 saturated heterocycles. The SMILES string of the molecule is CC(C)OC(=O)C(C)(C)CCN(C)C(C)C. The number of nitrogens with zero attached hydrogens (tertiary/aromatic N) is 1. The number of esters is 1. The van der Waals surface area contributed by atoms with Crippen LogP contribution >= 0.6 is 0 Å². The summed E-state index contributed by atoms with van der Waals surface area (Å²) < 4.78 is 5.25. The van der Waals surface area contributed by atoms with Gasteiger partial charge in [-0.25, -0.2) is 0 Å². The van der Waals surface area contributed by atoms with Gasteiger partial charge in [-0.05, 0) is 61.6 Å². The van der Waals surface area contributed by atoms with Crippen LogP contribution in [0.1, 0.15) is 48.0 Å². The topological polar surface area (TPSA) is 29.5 Å². The molecular formula is C13H27NO2. The molecule has 0 aliphatic rings. The van der Waals surface area contributed by atoms with Crippen LogP contribution < -0.4 is 0 Å². The quantitative estimate of drug-likeness (QED) is 0.656. The smallest absolute Gasteiger partial charge is 0.311 e. The van der Waals surface area contributed by atoms with Crippen LogP contribution in [0.3, 0.4) is 0 Å². The van der Waals surface area contributed by atoms with Crippen LogP contribution in [0, 0.1) is 5.41 Å². The largest absolute Gasteiger partial charge is 0.463 e. The zero-order valence-corrected chi connectivity index (χ0v) is 11.8. The molecule has 0 radical (unpaired) electrons. The second kappa shape index (κ2) is 6.24. The van der Waals surface area contributed by atoms with Gasteiger partial charge in [-0.2, -0.15) is 0 Å². The van der Waals surface area contributed by atoms with Gasteiger partial charge in [0, 0.05) is 6.04 Å². The highest BCUT2D eigenvalue weighted by molar-refractivity contribution is 5.76. The molecule has 0 heterocycles. The molecule has 0 amide bonds. The van der Waals surface area contributed by atoms with E-state index in [-0.39, 0.29) is 12.1 Å². The summed E-state index contributed by atoms with van der Waals surface area (Å²) in [6, 6.07) is 0.511. The maximum atomic E-state index is 11.8. The minimum atomic E-state index is -0.395. The highest BCUT2D eigenvalue weighted by Crippen LogP contribution is 2.23. The van der Waals surface area contributed by atoms with E-state index in [1.165, 1.54) is 0 Å². The Bertz CT molecular complexity index is 222. The minimum Gasteiger partial charge on any atom is -0.463 e. The first-order valence-electron chi connectivity index (χ1n) is 6.08. The third-order valence-corrected chi connectivity index (χ3v) is 2.87. The van der Waals surface area contributed by atoms with Crippen molar-refractivity contribution in [3.05, 3.63) is 0 Å². The minimum absolute atomic E-state index is 0.0328. The summed E-state index contributed by atoms with van der Waals surface area (Å²) in [4.78, 5) is 14.1. The second-order valence-electron chi connectivity index (χ2n) is 5.66. The van der Waals surface area contributed by atoms with Crippen molar-refractivity contribution in [3.8, 4) is 0 Å². The van der Waals surface area contributed by atoms with Gasteiger partial charge in [-0.3, -0.25) is 4.79 Å². The zero-order valence-electron chi connectivity index (χ0n) is 11.8. The van der Waals surface area contributed by atoms with Crippen molar-refractivity contribution in [1.82, 2.24) is 4.90 Å². The third-order valence-electron chi connectivity index (χ3n) is 2.87.